The van der Waals surface area contributed by atoms with Crippen LogP contribution in [0.15, 0.2) is 4.52 Å². The molecule has 1 aliphatic carbocycles. The minimum atomic E-state index is -0.660. The van der Waals surface area contributed by atoms with Crippen molar-refractivity contribution in [3.8, 4) is 0 Å². The van der Waals surface area contributed by atoms with E-state index in [0.29, 0.717) is 18.4 Å². The largest absolute Gasteiger partial charge is 0.465 e. The first-order valence-corrected chi connectivity index (χ1v) is 7.52. The summed E-state index contributed by atoms with van der Waals surface area (Å²) in [6, 6.07) is 0. The molecule has 0 N–H and O–H groups in total. The standard InChI is InChI=1S/C14H21N3O3/c1-2-19-12(18)14(7-8-14)11-15-13(16-20-11)17-9-5-3-4-6-10-17/h2-10H2,1H3. The zero-order valence-corrected chi connectivity index (χ0v) is 11.9. The molecule has 6 heteroatoms. The smallest absolute Gasteiger partial charge is 0.321 e. The molecule has 0 radical (unpaired) electrons. The number of ether oxygens (including phenoxy) is 1. The summed E-state index contributed by atoms with van der Waals surface area (Å²) in [7, 11) is 0. The van der Waals surface area contributed by atoms with Gasteiger partial charge in [0.15, 0.2) is 0 Å². The highest BCUT2D eigenvalue weighted by atomic mass is 16.5. The first-order valence-electron chi connectivity index (χ1n) is 7.52. The first-order chi connectivity index (χ1) is 9.76. The van der Waals surface area contributed by atoms with Crippen molar-refractivity contribution in [3.05, 3.63) is 5.89 Å². The first kappa shape index (κ1) is 13.4. The van der Waals surface area contributed by atoms with Gasteiger partial charge in [-0.1, -0.05) is 12.8 Å². The van der Waals surface area contributed by atoms with Crippen LogP contribution in [-0.4, -0.2) is 35.8 Å². The minimum absolute atomic E-state index is 0.230. The second-order valence-electron chi connectivity index (χ2n) is 5.60. The molecule has 3 rings (SSSR count). The number of anilines is 1. The Balaban J connectivity index is 1.75. The van der Waals surface area contributed by atoms with E-state index in [9.17, 15) is 4.79 Å². The summed E-state index contributed by atoms with van der Waals surface area (Å²) in [5, 5.41) is 4.06. The minimum Gasteiger partial charge on any atom is -0.465 e. The van der Waals surface area contributed by atoms with Gasteiger partial charge in [-0.2, -0.15) is 4.98 Å². The molecule has 0 spiro atoms. The van der Waals surface area contributed by atoms with Gasteiger partial charge in [-0.3, -0.25) is 4.79 Å². The lowest BCUT2D eigenvalue weighted by atomic mass is 10.1. The summed E-state index contributed by atoms with van der Waals surface area (Å²) in [4.78, 5) is 18.6. The molecule has 6 nitrogen and oxygen atoms in total. The number of esters is 1. The van der Waals surface area contributed by atoms with Crippen LogP contribution in [0.5, 0.6) is 0 Å². The summed E-state index contributed by atoms with van der Waals surface area (Å²) in [5.41, 5.74) is -0.660. The highest BCUT2D eigenvalue weighted by molar-refractivity contribution is 5.85. The highest BCUT2D eigenvalue weighted by Crippen LogP contribution is 2.48. The lowest BCUT2D eigenvalue weighted by Crippen LogP contribution is -2.26. The lowest BCUT2D eigenvalue weighted by molar-refractivity contribution is -0.146. The molecule has 2 fully saturated rings. The van der Waals surface area contributed by atoms with E-state index in [1.54, 1.807) is 0 Å². The zero-order chi connectivity index (χ0) is 14.0. The molecule has 1 saturated heterocycles. The Kier molecular flexibility index (Phi) is 3.63. The average molecular weight is 279 g/mol. The molecule has 0 aromatic carbocycles. The number of nitrogens with zero attached hydrogens (tertiary/aromatic N) is 3. The summed E-state index contributed by atoms with van der Waals surface area (Å²) < 4.78 is 10.5. The van der Waals surface area contributed by atoms with Gasteiger partial charge in [-0.25, -0.2) is 0 Å². The van der Waals surface area contributed by atoms with Gasteiger partial charge < -0.3 is 14.2 Å². The van der Waals surface area contributed by atoms with Crippen molar-refractivity contribution in [2.75, 3.05) is 24.6 Å². The van der Waals surface area contributed by atoms with Gasteiger partial charge in [0, 0.05) is 13.1 Å². The van der Waals surface area contributed by atoms with Gasteiger partial charge in [0.1, 0.15) is 5.41 Å². The molecular formula is C14H21N3O3. The molecule has 0 atom stereocenters. The van der Waals surface area contributed by atoms with E-state index in [1.807, 2.05) is 6.92 Å². The molecule has 1 aromatic heterocycles. The maximum atomic E-state index is 12.0. The Morgan fingerprint density at radius 1 is 1.30 bits per heavy atom. The van der Waals surface area contributed by atoms with Crippen molar-refractivity contribution in [1.29, 1.82) is 0 Å². The van der Waals surface area contributed by atoms with Crippen LogP contribution >= 0.6 is 0 Å². The zero-order valence-electron chi connectivity index (χ0n) is 11.9. The van der Waals surface area contributed by atoms with Crippen LogP contribution in [0, 0.1) is 0 Å². The van der Waals surface area contributed by atoms with Crippen molar-refractivity contribution in [1.82, 2.24) is 10.1 Å². The fraction of sp³-hybridized carbons (Fsp3) is 0.786. The third-order valence-corrected chi connectivity index (χ3v) is 4.13. The Morgan fingerprint density at radius 2 is 2.00 bits per heavy atom. The van der Waals surface area contributed by atoms with Gasteiger partial charge >= 0.3 is 5.97 Å². The molecule has 0 unspecified atom stereocenters. The van der Waals surface area contributed by atoms with E-state index in [4.69, 9.17) is 9.26 Å². The van der Waals surface area contributed by atoms with Crippen molar-refractivity contribution in [3.63, 3.8) is 0 Å². The van der Waals surface area contributed by atoms with E-state index in [2.05, 4.69) is 15.0 Å². The van der Waals surface area contributed by atoms with E-state index >= 15 is 0 Å². The molecule has 1 saturated carbocycles. The lowest BCUT2D eigenvalue weighted by Gasteiger charge is -2.16. The Bertz CT molecular complexity index is 474. The molecule has 20 heavy (non-hydrogen) atoms. The third kappa shape index (κ3) is 2.39. The summed E-state index contributed by atoms with van der Waals surface area (Å²) in [6.45, 7) is 4.12. The molecule has 0 bridgehead atoms. The topological polar surface area (TPSA) is 68.5 Å². The normalized spacial score (nSPS) is 21.4. The predicted octanol–water partition coefficient (Wildman–Crippen LogP) is 2.04. The van der Waals surface area contributed by atoms with Crippen LogP contribution in [0.3, 0.4) is 0 Å². The number of hydrogen-bond acceptors (Lipinski definition) is 6. The Hall–Kier alpha value is -1.59. The molecular weight excluding hydrogens is 258 g/mol. The Labute approximate surface area is 118 Å². The van der Waals surface area contributed by atoms with E-state index in [-0.39, 0.29) is 5.97 Å². The molecule has 110 valence electrons. The fourth-order valence-corrected chi connectivity index (χ4v) is 2.71. The SMILES string of the molecule is CCOC(=O)C1(c2nc(N3CCCCCC3)no2)CC1. The van der Waals surface area contributed by atoms with Crippen LogP contribution in [-0.2, 0) is 14.9 Å². The van der Waals surface area contributed by atoms with Gasteiger partial charge in [-0.15, -0.1) is 0 Å². The molecule has 2 aliphatic rings. The number of carbonyl (C=O) groups excluding carboxylic acids is 1. The van der Waals surface area contributed by atoms with Gasteiger partial charge in [0.25, 0.3) is 5.95 Å². The van der Waals surface area contributed by atoms with Crippen LogP contribution in [0.2, 0.25) is 0 Å². The highest BCUT2D eigenvalue weighted by Gasteiger charge is 2.57. The second kappa shape index (κ2) is 5.42. The molecule has 1 aromatic rings. The summed E-state index contributed by atoms with van der Waals surface area (Å²) >= 11 is 0. The maximum absolute atomic E-state index is 12.0. The quantitative estimate of drug-likeness (QED) is 0.786. The van der Waals surface area contributed by atoms with Crippen LogP contribution in [0.4, 0.5) is 5.95 Å². The van der Waals surface area contributed by atoms with E-state index in [1.165, 1.54) is 12.8 Å². The number of carbonyl (C=O) groups is 1. The summed E-state index contributed by atoms with van der Waals surface area (Å²) in [6.07, 6.45) is 6.32. The van der Waals surface area contributed by atoms with Gasteiger partial charge in [0.05, 0.1) is 6.61 Å². The van der Waals surface area contributed by atoms with Crippen LogP contribution in [0.25, 0.3) is 0 Å². The van der Waals surface area contributed by atoms with Crippen LogP contribution < -0.4 is 4.90 Å². The molecule has 2 heterocycles. The van der Waals surface area contributed by atoms with Crippen molar-refractivity contribution in [2.45, 2.75) is 50.9 Å². The fourth-order valence-electron chi connectivity index (χ4n) is 2.71. The predicted molar refractivity (Wildman–Crippen MR) is 72.5 cm³/mol. The third-order valence-electron chi connectivity index (χ3n) is 4.13. The maximum Gasteiger partial charge on any atom is 0.321 e. The van der Waals surface area contributed by atoms with E-state index in [0.717, 1.165) is 38.8 Å². The summed E-state index contributed by atoms with van der Waals surface area (Å²) in [5.74, 6) is 0.818. The second-order valence-corrected chi connectivity index (χ2v) is 5.60. The van der Waals surface area contributed by atoms with Crippen molar-refractivity contribution in [2.24, 2.45) is 0 Å². The van der Waals surface area contributed by atoms with Gasteiger partial charge in [-0.05, 0) is 37.8 Å². The number of rotatable bonds is 4. The molecule has 0 amide bonds. The van der Waals surface area contributed by atoms with E-state index < -0.39 is 5.41 Å². The molecule has 1 aliphatic heterocycles. The average Bonchev–Trinajstić information content (AvgIpc) is 3.19. The van der Waals surface area contributed by atoms with Gasteiger partial charge in [0.2, 0.25) is 5.89 Å². The van der Waals surface area contributed by atoms with Crippen molar-refractivity contribution >= 4 is 11.9 Å². The number of hydrogen-bond donors (Lipinski definition) is 0. The Morgan fingerprint density at radius 3 is 2.60 bits per heavy atom. The van der Waals surface area contributed by atoms with Crippen molar-refractivity contribution < 1.29 is 14.1 Å². The van der Waals surface area contributed by atoms with Crippen LogP contribution in [0.1, 0.15) is 51.3 Å². The number of aromatic nitrogens is 2. The monoisotopic (exact) mass is 279 g/mol.